The Labute approximate surface area is 126 Å². The monoisotopic (exact) mass is 305 g/mol. The highest BCUT2D eigenvalue weighted by Gasteiger charge is 2.11. The number of aromatic nitrogens is 3. The number of hydrogen-bond acceptors (Lipinski definition) is 5. The molecule has 1 atom stereocenters. The number of rotatable bonds is 5. The van der Waals surface area contributed by atoms with Crippen molar-refractivity contribution < 1.29 is 4.42 Å². The zero-order chi connectivity index (χ0) is 14.8. The maximum Gasteiger partial charge on any atom is 0.226 e. The molecule has 0 unspecified atom stereocenters. The molecule has 3 heterocycles. The first-order valence-electron chi connectivity index (χ1n) is 6.69. The first-order chi connectivity index (χ1) is 10.1. The van der Waals surface area contributed by atoms with Gasteiger partial charge in [0.2, 0.25) is 5.28 Å². The van der Waals surface area contributed by atoms with E-state index in [1.165, 1.54) is 0 Å². The number of hydrogen-bond donors (Lipinski definition) is 3. The second kappa shape index (κ2) is 5.75. The predicted molar refractivity (Wildman–Crippen MR) is 82.3 cm³/mol. The molecule has 0 aliphatic heterocycles. The van der Waals surface area contributed by atoms with Crippen molar-refractivity contribution >= 4 is 28.5 Å². The largest absolute Gasteiger partial charge is 0.467 e. The molecule has 3 aromatic rings. The summed E-state index contributed by atoms with van der Waals surface area (Å²) in [4.78, 5) is 11.7. The molecule has 0 aliphatic rings. The molecule has 21 heavy (non-hydrogen) atoms. The molecule has 0 saturated heterocycles. The number of H-pyrrole nitrogens is 1. The zero-order valence-electron chi connectivity index (χ0n) is 11.6. The Balaban J connectivity index is 1.90. The maximum atomic E-state index is 5.97. The van der Waals surface area contributed by atoms with Gasteiger partial charge in [0, 0.05) is 18.2 Å². The van der Waals surface area contributed by atoms with E-state index in [1.807, 2.05) is 25.1 Å². The van der Waals surface area contributed by atoms with Gasteiger partial charge in [-0.25, -0.2) is 4.98 Å². The zero-order valence-corrected chi connectivity index (χ0v) is 12.3. The molecule has 4 N–H and O–H groups in total. The molecule has 0 aromatic carbocycles. The second-order valence-electron chi connectivity index (χ2n) is 5.01. The molecule has 6 nitrogen and oxygen atoms in total. The van der Waals surface area contributed by atoms with Gasteiger partial charge in [-0.2, -0.15) is 4.98 Å². The highest BCUT2D eigenvalue weighted by Crippen LogP contribution is 2.24. The number of halogens is 1. The van der Waals surface area contributed by atoms with Crippen molar-refractivity contribution in [2.75, 3.05) is 5.32 Å². The molecule has 0 aliphatic carbocycles. The average Bonchev–Trinajstić information content (AvgIpc) is 3.03. The smallest absolute Gasteiger partial charge is 0.226 e. The van der Waals surface area contributed by atoms with E-state index in [0.717, 1.165) is 23.3 Å². The van der Waals surface area contributed by atoms with E-state index in [4.69, 9.17) is 21.8 Å². The van der Waals surface area contributed by atoms with E-state index in [1.54, 1.807) is 6.26 Å². The standard InChI is InChI=1S/C14H16ClN5O/c1-8(16)5-9-6-11-12(17-7-10-3-2-4-21-10)19-14(15)20-13(11)18-9/h2-4,6,8H,5,7,16H2,1H3,(H2,17,18,19,20)/t8-/m0/s1. The molecule has 3 rings (SSSR count). The molecule has 3 aromatic heterocycles. The van der Waals surface area contributed by atoms with Crippen molar-refractivity contribution in [3.05, 3.63) is 41.2 Å². The van der Waals surface area contributed by atoms with Gasteiger partial charge in [0.05, 0.1) is 18.2 Å². The Morgan fingerprint density at radius 1 is 1.48 bits per heavy atom. The number of fused-ring (bicyclic) bond motifs is 1. The minimum Gasteiger partial charge on any atom is -0.467 e. The van der Waals surface area contributed by atoms with Crippen LogP contribution in [-0.2, 0) is 13.0 Å². The summed E-state index contributed by atoms with van der Waals surface area (Å²) in [6.07, 6.45) is 2.38. The van der Waals surface area contributed by atoms with E-state index in [0.29, 0.717) is 18.0 Å². The first kappa shape index (κ1) is 13.9. The van der Waals surface area contributed by atoms with Crippen molar-refractivity contribution in [1.82, 2.24) is 15.0 Å². The van der Waals surface area contributed by atoms with Gasteiger partial charge in [0.15, 0.2) is 0 Å². The van der Waals surface area contributed by atoms with E-state index < -0.39 is 0 Å². The Kier molecular flexibility index (Phi) is 3.81. The fourth-order valence-corrected chi connectivity index (χ4v) is 2.38. The number of nitrogens with two attached hydrogens (primary N) is 1. The molecular formula is C14H16ClN5O. The first-order valence-corrected chi connectivity index (χ1v) is 7.06. The van der Waals surface area contributed by atoms with Gasteiger partial charge in [0.25, 0.3) is 0 Å². The van der Waals surface area contributed by atoms with Gasteiger partial charge in [-0.1, -0.05) is 0 Å². The van der Waals surface area contributed by atoms with Gasteiger partial charge < -0.3 is 20.5 Å². The van der Waals surface area contributed by atoms with Crippen LogP contribution in [-0.4, -0.2) is 21.0 Å². The molecule has 0 amide bonds. The highest BCUT2D eigenvalue weighted by molar-refractivity contribution is 6.28. The summed E-state index contributed by atoms with van der Waals surface area (Å²) in [5.41, 5.74) is 7.54. The molecule has 0 saturated carbocycles. The third kappa shape index (κ3) is 3.17. The minimum atomic E-state index is 0.0704. The van der Waals surface area contributed by atoms with Crippen molar-refractivity contribution in [3.63, 3.8) is 0 Å². The van der Waals surface area contributed by atoms with Crippen LogP contribution in [0.5, 0.6) is 0 Å². The van der Waals surface area contributed by atoms with Crippen LogP contribution < -0.4 is 11.1 Å². The van der Waals surface area contributed by atoms with Crippen LogP contribution in [0.1, 0.15) is 18.4 Å². The van der Waals surface area contributed by atoms with Crippen LogP contribution in [0.15, 0.2) is 28.9 Å². The van der Waals surface area contributed by atoms with Crippen molar-refractivity contribution in [2.45, 2.75) is 25.9 Å². The summed E-state index contributed by atoms with van der Waals surface area (Å²) in [5.74, 6) is 1.50. The van der Waals surface area contributed by atoms with Crippen LogP contribution in [0.2, 0.25) is 5.28 Å². The molecule has 0 spiro atoms. The summed E-state index contributed by atoms with van der Waals surface area (Å²) < 4.78 is 5.29. The Bertz CT molecular complexity index is 735. The number of aromatic amines is 1. The second-order valence-corrected chi connectivity index (χ2v) is 5.35. The van der Waals surface area contributed by atoms with Crippen LogP contribution in [0.25, 0.3) is 11.0 Å². The molecule has 0 bridgehead atoms. The van der Waals surface area contributed by atoms with Gasteiger partial charge in [-0.15, -0.1) is 0 Å². The summed E-state index contributed by atoms with van der Waals surface area (Å²) in [7, 11) is 0. The van der Waals surface area contributed by atoms with E-state index in [9.17, 15) is 0 Å². The lowest BCUT2D eigenvalue weighted by atomic mass is 10.2. The van der Waals surface area contributed by atoms with E-state index in [-0.39, 0.29) is 11.3 Å². The Morgan fingerprint density at radius 3 is 3.05 bits per heavy atom. The normalized spacial score (nSPS) is 12.7. The predicted octanol–water partition coefficient (Wildman–Crippen LogP) is 2.71. The van der Waals surface area contributed by atoms with Gasteiger partial charge >= 0.3 is 0 Å². The number of nitrogens with one attached hydrogen (secondary N) is 2. The Morgan fingerprint density at radius 2 is 2.33 bits per heavy atom. The van der Waals surface area contributed by atoms with Gasteiger partial charge in [0.1, 0.15) is 17.2 Å². The minimum absolute atomic E-state index is 0.0704. The summed E-state index contributed by atoms with van der Waals surface area (Å²) in [5, 5.41) is 4.30. The molecule has 0 radical (unpaired) electrons. The van der Waals surface area contributed by atoms with E-state index >= 15 is 0 Å². The topological polar surface area (TPSA) is 92.8 Å². The van der Waals surface area contributed by atoms with Crippen molar-refractivity contribution in [3.8, 4) is 0 Å². The van der Waals surface area contributed by atoms with Gasteiger partial charge in [-0.05, 0) is 36.7 Å². The van der Waals surface area contributed by atoms with Crippen LogP contribution in [0, 0.1) is 0 Å². The SMILES string of the molecule is C[C@H](N)Cc1cc2c(NCc3ccco3)nc(Cl)nc2[nH]1. The van der Waals surface area contributed by atoms with Crippen LogP contribution >= 0.6 is 11.6 Å². The van der Waals surface area contributed by atoms with E-state index in [2.05, 4.69) is 20.3 Å². The molecule has 0 fully saturated rings. The molecule has 7 heteroatoms. The third-order valence-corrected chi connectivity index (χ3v) is 3.24. The lowest BCUT2D eigenvalue weighted by molar-refractivity contribution is 0.518. The fraction of sp³-hybridized carbons (Fsp3) is 0.286. The van der Waals surface area contributed by atoms with Gasteiger partial charge in [-0.3, -0.25) is 0 Å². The van der Waals surface area contributed by atoms with Crippen LogP contribution in [0.4, 0.5) is 5.82 Å². The van der Waals surface area contributed by atoms with Crippen molar-refractivity contribution in [1.29, 1.82) is 0 Å². The lowest BCUT2D eigenvalue weighted by Crippen LogP contribution is -2.17. The molecule has 110 valence electrons. The summed E-state index contributed by atoms with van der Waals surface area (Å²) in [6, 6.07) is 5.81. The van der Waals surface area contributed by atoms with Crippen LogP contribution in [0.3, 0.4) is 0 Å². The number of nitrogens with zero attached hydrogens (tertiary/aromatic N) is 2. The fourth-order valence-electron chi connectivity index (χ4n) is 2.21. The Hall–Kier alpha value is -2.05. The summed E-state index contributed by atoms with van der Waals surface area (Å²) >= 11 is 5.97. The number of furan rings is 1. The quantitative estimate of drug-likeness (QED) is 0.630. The molecular weight excluding hydrogens is 290 g/mol. The summed E-state index contributed by atoms with van der Waals surface area (Å²) in [6.45, 7) is 2.49. The van der Waals surface area contributed by atoms with Crippen molar-refractivity contribution in [2.24, 2.45) is 5.73 Å². The lowest BCUT2D eigenvalue weighted by Gasteiger charge is -2.04. The average molecular weight is 306 g/mol. The number of anilines is 1. The highest BCUT2D eigenvalue weighted by atomic mass is 35.5. The third-order valence-electron chi connectivity index (χ3n) is 3.07. The maximum absolute atomic E-state index is 5.97.